The number of benzene rings is 2. The second-order valence-corrected chi connectivity index (χ2v) is 15.4. The molecule has 1 saturated carbocycles. The van der Waals surface area contributed by atoms with E-state index < -0.39 is 53.7 Å². The van der Waals surface area contributed by atoms with Gasteiger partial charge in [0.25, 0.3) is 0 Å². The number of nitrogens with one attached hydrogen (secondary N) is 3. The van der Waals surface area contributed by atoms with Crippen LogP contribution in [-0.2, 0) is 38.4 Å². The molecule has 5 atom stereocenters. The molecule has 4 amide bonds. The molecule has 0 unspecified atom stereocenters. The van der Waals surface area contributed by atoms with Gasteiger partial charge in [-0.3, -0.25) is 14.4 Å². The Hall–Kier alpha value is -4.55. The number of ether oxygens (including phenoxy) is 1. The maximum atomic E-state index is 14.6. The smallest absolute Gasteiger partial charge is 0.417 e. The highest BCUT2D eigenvalue weighted by molar-refractivity contribution is 6.00. The van der Waals surface area contributed by atoms with Gasteiger partial charge in [-0.25, -0.2) is 14.7 Å². The highest BCUT2D eigenvalue weighted by Gasteiger charge is 2.41. The Balaban J connectivity index is 1.67. The summed E-state index contributed by atoms with van der Waals surface area (Å²) in [5, 5.41) is 17.7. The van der Waals surface area contributed by atoms with Gasteiger partial charge < -0.3 is 31.2 Å². The Morgan fingerprint density at radius 1 is 0.962 bits per heavy atom. The van der Waals surface area contributed by atoms with Crippen LogP contribution >= 0.6 is 0 Å². The summed E-state index contributed by atoms with van der Waals surface area (Å²) in [6.07, 6.45) is 7.01. The molecular formula is C41H58N6O6. The van der Waals surface area contributed by atoms with Crippen molar-refractivity contribution in [2.45, 2.75) is 122 Å². The van der Waals surface area contributed by atoms with Crippen molar-refractivity contribution in [2.24, 2.45) is 17.6 Å². The summed E-state index contributed by atoms with van der Waals surface area (Å²) in [6, 6.07) is 13.8. The van der Waals surface area contributed by atoms with Crippen molar-refractivity contribution < 1.29 is 29.0 Å². The van der Waals surface area contributed by atoms with Gasteiger partial charge in [-0.1, -0.05) is 92.3 Å². The summed E-state index contributed by atoms with van der Waals surface area (Å²) in [6.45, 7) is 7.03. The van der Waals surface area contributed by atoms with Crippen molar-refractivity contribution in [3.63, 3.8) is 0 Å². The van der Waals surface area contributed by atoms with Crippen LogP contribution in [0.5, 0.6) is 0 Å². The third-order valence-electron chi connectivity index (χ3n) is 9.88. The van der Waals surface area contributed by atoms with E-state index in [0.29, 0.717) is 18.5 Å². The van der Waals surface area contributed by atoms with Gasteiger partial charge in [-0.15, -0.1) is 0 Å². The van der Waals surface area contributed by atoms with Crippen molar-refractivity contribution in [1.82, 2.24) is 25.5 Å². The highest BCUT2D eigenvalue weighted by Crippen LogP contribution is 2.30. The number of aromatic nitrogens is 2. The van der Waals surface area contributed by atoms with Crippen molar-refractivity contribution in [3.05, 3.63) is 89.5 Å². The topological polar surface area (TPSA) is 180 Å². The SMILES string of the molecule is CNC(=O)[C@H](Cc1ccc(C)cc1)C[C@H](O)[C@H](CC1CCCCC1)NC(=O)[C@H](Cc1cnc[nH]1)N(C(=O)OC(C)(C)C)C(=O)[C@@H](N)Cc1ccccc1. The van der Waals surface area contributed by atoms with E-state index in [2.05, 4.69) is 20.6 Å². The van der Waals surface area contributed by atoms with Gasteiger partial charge in [0.05, 0.1) is 24.5 Å². The summed E-state index contributed by atoms with van der Waals surface area (Å²) >= 11 is 0. The number of H-pyrrole nitrogens is 1. The molecule has 1 aliphatic carbocycles. The molecular weight excluding hydrogens is 672 g/mol. The van der Waals surface area contributed by atoms with E-state index in [0.717, 1.165) is 53.7 Å². The monoisotopic (exact) mass is 730 g/mol. The van der Waals surface area contributed by atoms with E-state index in [1.165, 1.54) is 12.5 Å². The fraction of sp³-hybridized carbons (Fsp3) is 0.537. The van der Waals surface area contributed by atoms with Gasteiger partial charge >= 0.3 is 6.09 Å². The standard InChI is InChI=1S/C41H58N6O6/c1-27-16-18-30(19-17-27)20-31(37(49)43-5)23-36(48)34(22-29-14-10-7-11-15-29)46-38(50)35(24-32-25-44-26-45-32)47(40(52)53-41(2,3)4)39(51)33(42)21-28-12-8-6-9-13-28/h6,8-9,12-13,16-19,25-26,29,31,33-36,48H,7,10-11,14-15,20-24,42H2,1-5H3,(H,43,49)(H,44,45)(H,46,50)/t31-,33+,34+,35+,36+/m1/s1. The van der Waals surface area contributed by atoms with Crippen molar-refractivity contribution in [3.8, 4) is 0 Å². The van der Waals surface area contributed by atoms with E-state index in [9.17, 15) is 24.3 Å². The minimum Gasteiger partial charge on any atom is -0.443 e. The largest absolute Gasteiger partial charge is 0.443 e. The number of carbonyl (C=O) groups excluding carboxylic acids is 4. The van der Waals surface area contributed by atoms with Crippen LogP contribution in [0.4, 0.5) is 4.79 Å². The lowest BCUT2D eigenvalue weighted by atomic mass is 9.81. The molecule has 1 aromatic heterocycles. The number of imidazole rings is 1. The number of nitrogens with two attached hydrogens (primary N) is 1. The zero-order chi connectivity index (χ0) is 38.5. The van der Waals surface area contributed by atoms with Crippen LogP contribution in [0.3, 0.4) is 0 Å². The number of aliphatic hydroxyl groups excluding tert-OH is 1. The number of amides is 4. The summed E-state index contributed by atoms with van der Waals surface area (Å²) in [7, 11) is 1.57. The van der Waals surface area contributed by atoms with Crippen LogP contribution in [0.15, 0.2) is 67.1 Å². The Bertz CT molecular complexity index is 1600. The first-order chi connectivity index (χ1) is 25.2. The lowest BCUT2D eigenvalue weighted by Gasteiger charge is -2.35. The maximum absolute atomic E-state index is 14.6. The second kappa shape index (κ2) is 19.5. The Morgan fingerprint density at radius 3 is 2.23 bits per heavy atom. The van der Waals surface area contributed by atoms with Gasteiger partial charge in [-0.2, -0.15) is 0 Å². The molecule has 12 nitrogen and oxygen atoms in total. The van der Waals surface area contributed by atoms with Gasteiger partial charge in [0.2, 0.25) is 17.7 Å². The lowest BCUT2D eigenvalue weighted by Crippen LogP contribution is -2.60. The third-order valence-corrected chi connectivity index (χ3v) is 9.88. The summed E-state index contributed by atoms with van der Waals surface area (Å²) in [5.74, 6) is -1.96. The van der Waals surface area contributed by atoms with Crippen LogP contribution in [0, 0.1) is 18.8 Å². The summed E-state index contributed by atoms with van der Waals surface area (Å²) < 4.78 is 5.71. The van der Waals surface area contributed by atoms with Gasteiger partial charge in [0.15, 0.2) is 0 Å². The number of aryl methyl sites for hydroxylation is 1. The molecule has 53 heavy (non-hydrogen) atoms. The first-order valence-electron chi connectivity index (χ1n) is 18.8. The van der Waals surface area contributed by atoms with E-state index >= 15 is 0 Å². The minimum absolute atomic E-state index is 0.0904. The fourth-order valence-electron chi connectivity index (χ4n) is 7.05. The highest BCUT2D eigenvalue weighted by atomic mass is 16.6. The molecule has 0 bridgehead atoms. The molecule has 3 aromatic rings. The van der Waals surface area contributed by atoms with Crippen LogP contribution in [-0.4, -0.2) is 80.7 Å². The second-order valence-electron chi connectivity index (χ2n) is 15.4. The molecule has 0 saturated heterocycles. The number of nitrogens with zero attached hydrogens (tertiary/aromatic N) is 2. The molecule has 1 heterocycles. The Labute approximate surface area is 313 Å². The van der Waals surface area contributed by atoms with Crippen molar-refractivity contribution in [2.75, 3.05) is 7.05 Å². The van der Waals surface area contributed by atoms with Crippen LogP contribution in [0.1, 0.15) is 88.1 Å². The lowest BCUT2D eigenvalue weighted by molar-refractivity contribution is -0.141. The first-order valence-corrected chi connectivity index (χ1v) is 18.8. The number of carbonyl (C=O) groups is 4. The minimum atomic E-state index is -1.40. The molecule has 1 fully saturated rings. The molecule has 4 rings (SSSR count). The molecule has 0 spiro atoms. The zero-order valence-electron chi connectivity index (χ0n) is 31.8. The molecule has 0 aliphatic heterocycles. The molecule has 12 heteroatoms. The molecule has 2 aromatic carbocycles. The number of rotatable bonds is 16. The molecule has 288 valence electrons. The van der Waals surface area contributed by atoms with Gasteiger partial charge in [-0.05, 0) is 70.4 Å². The predicted molar refractivity (Wildman–Crippen MR) is 203 cm³/mol. The number of imide groups is 1. The Kier molecular flexibility index (Phi) is 15.2. The predicted octanol–water partition coefficient (Wildman–Crippen LogP) is 4.77. The Morgan fingerprint density at radius 2 is 1.62 bits per heavy atom. The number of aliphatic hydroxyl groups is 1. The quantitative estimate of drug-likeness (QED) is 0.140. The summed E-state index contributed by atoms with van der Waals surface area (Å²) in [5.41, 5.74) is 8.85. The maximum Gasteiger partial charge on any atom is 0.417 e. The van der Waals surface area contributed by atoms with Gasteiger partial charge in [0.1, 0.15) is 11.6 Å². The first kappa shape index (κ1) is 41.2. The number of aromatic amines is 1. The molecule has 1 aliphatic rings. The van der Waals surface area contributed by atoms with Crippen LogP contribution < -0.4 is 16.4 Å². The van der Waals surface area contributed by atoms with Crippen molar-refractivity contribution >= 4 is 23.8 Å². The number of hydrogen-bond acceptors (Lipinski definition) is 8. The van der Waals surface area contributed by atoms with E-state index in [1.54, 1.807) is 27.8 Å². The average Bonchev–Trinajstić information content (AvgIpc) is 3.64. The molecule has 6 N–H and O–H groups in total. The van der Waals surface area contributed by atoms with Crippen LogP contribution in [0.2, 0.25) is 0 Å². The molecule has 0 radical (unpaired) electrons. The van der Waals surface area contributed by atoms with Crippen molar-refractivity contribution in [1.29, 1.82) is 0 Å². The average molecular weight is 731 g/mol. The van der Waals surface area contributed by atoms with Crippen LogP contribution in [0.25, 0.3) is 0 Å². The zero-order valence-corrected chi connectivity index (χ0v) is 31.8. The van der Waals surface area contributed by atoms with E-state index in [-0.39, 0.29) is 31.1 Å². The number of hydrogen-bond donors (Lipinski definition) is 5. The van der Waals surface area contributed by atoms with E-state index in [4.69, 9.17) is 10.5 Å². The van der Waals surface area contributed by atoms with Gasteiger partial charge in [0, 0.05) is 31.3 Å². The van der Waals surface area contributed by atoms with E-state index in [1.807, 2.05) is 61.5 Å². The normalized spacial score (nSPS) is 16.4. The summed E-state index contributed by atoms with van der Waals surface area (Å²) in [4.78, 5) is 63.9. The fourth-order valence-corrected chi connectivity index (χ4v) is 7.05. The third kappa shape index (κ3) is 12.8.